The smallest absolute Gasteiger partial charge is 0.275 e. The molecule has 25 heteroatoms. The van der Waals surface area contributed by atoms with Crippen LogP contribution >= 0.6 is 0 Å². The first kappa shape index (κ1) is 61.8. The predicted octanol–water partition coefficient (Wildman–Crippen LogP) is -3.65. The molecular weight excluding hydrogens is 993 g/mol. The van der Waals surface area contributed by atoms with Gasteiger partial charge in [0.25, 0.3) is 5.91 Å². The summed E-state index contributed by atoms with van der Waals surface area (Å²) in [5.41, 5.74) is 8.71. The summed E-state index contributed by atoms with van der Waals surface area (Å²) in [5.74, 6) is -6.38. The maximum absolute atomic E-state index is 14.9. The maximum Gasteiger partial charge on any atom is 0.275 e. The van der Waals surface area contributed by atoms with E-state index in [1.165, 1.54) is 18.6 Å². The third-order valence-corrected chi connectivity index (χ3v) is 15.3. The van der Waals surface area contributed by atoms with Crippen LogP contribution in [0.5, 0.6) is 5.75 Å². The molecule has 5 rings (SSSR count). The lowest BCUT2D eigenvalue weighted by Crippen LogP contribution is -2.64. The second kappa shape index (κ2) is 28.5. The molecule has 0 spiro atoms. The van der Waals surface area contributed by atoms with Gasteiger partial charge < -0.3 is 83.4 Å². The Morgan fingerprint density at radius 1 is 0.816 bits per heavy atom. The van der Waals surface area contributed by atoms with E-state index in [-0.39, 0.29) is 56.8 Å². The highest BCUT2D eigenvalue weighted by molar-refractivity contribution is 6.10. The number of fused-ring (bicyclic) bond motifs is 3. The quantitative estimate of drug-likeness (QED) is 0.0371. The molecule has 0 aliphatic carbocycles. The minimum absolute atomic E-state index is 0.0191. The SMILES string of the molecule is CC[C@H](C)C[C@H](C)CCCCCCCCC(=O)N[C@H]1C[C@@H](O)[C@@H](NCCN)NC(=O)[C@@H]2[C@@H](O)CCN2C(=O)[C@H]([C@H](O)CCN)N2C(=O)[C@]2([C@H](O)[C@@H](O)c2ccc(O)cc2)NC(=O)C2C[C@@H](O)CN2C(=O)C(CO)NC1=O. The molecule has 4 saturated heterocycles. The third-order valence-electron chi connectivity index (χ3n) is 15.3. The molecule has 2 unspecified atom stereocenters. The molecule has 428 valence electrons. The van der Waals surface area contributed by atoms with Crippen LogP contribution < -0.4 is 38.1 Å². The maximum atomic E-state index is 14.9. The van der Waals surface area contributed by atoms with Crippen molar-refractivity contribution in [3.05, 3.63) is 29.8 Å². The van der Waals surface area contributed by atoms with Gasteiger partial charge in [0.05, 0.1) is 31.0 Å². The lowest BCUT2D eigenvalue weighted by atomic mass is 9.91. The van der Waals surface area contributed by atoms with Crippen molar-refractivity contribution in [2.24, 2.45) is 23.3 Å². The Bertz CT molecular complexity index is 2130. The van der Waals surface area contributed by atoms with E-state index in [9.17, 15) is 74.4 Å². The molecule has 4 aliphatic rings. The number of aliphatic hydroxyl groups is 7. The number of unbranched alkanes of at least 4 members (excludes halogenated alkanes) is 5. The van der Waals surface area contributed by atoms with Crippen LogP contribution in [0.1, 0.15) is 122 Å². The van der Waals surface area contributed by atoms with Gasteiger partial charge in [0.15, 0.2) is 0 Å². The summed E-state index contributed by atoms with van der Waals surface area (Å²) >= 11 is 0. The summed E-state index contributed by atoms with van der Waals surface area (Å²) < 4.78 is 0. The van der Waals surface area contributed by atoms with Gasteiger partial charge in [0.1, 0.15) is 54.3 Å². The van der Waals surface area contributed by atoms with Crippen molar-refractivity contribution in [1.29, 1.82) is 0 Å². The van der Waals surface area contributed by atoms with Gasteiger partial charge in [-0.25, -0.2) is 0 Å². The number of phenolic OH excluding ortho intramolecular Hbond substituents is 1. The average molecular weight is 1080 g/mol. The summed E-state index contributed by atoms with van der Waals surface area (Å²) in [6.45, 7) is 4.41. The molecule has 17 N–H and O–H groups in total. The minimum atomic E-state index is -2.80. The number of carbonyl (C=O) groups is 7. The number of nitrogens with two attached hydrogens (primary N) is 2. The van der Waals surface area contributed by atoms with Gasteiger partial charge in [-0.05, 0) is 61.8 Å². The number of phenols is 1. The van der Waals surface area contributed by atoms with Gasteiger partial charge in [-0.2, -0.15) is 0 Å². The number of nitrogens with one attached hydrogen (secondary N) is 5. The lowest BCUT2D eigenvalue weighted by Gasteiger charge is -2.36. The van der Waals surface area contributed by atoms with Crippen molar-refractivity contribution in [3.8, 4) is 5.75 Å². The summed E-state index contributed by atoms with van der Waals surface area (Å²) in [7, 11) is 0. The largest absolute Gasteiger partial charge is 0.508 e. The summed E-state index contributed by atoms with van der Waals surface area (Å²) in [6, 6.07) is -4.32. The molecule has 1 aromatic rings. The highest BCUT2D eigenvalue weighted by Crippen LogP contribution is 2.44. The molecule has 0 saturated carbocycles. The van der Waals surface area contributed by atoms with Crippen molar-refractivity contribution < 1.29 is 74.4 Å². The lowest BCUT2D eigenvalue weighted by molar-refractivity contribution is -0.149. The Kier molecular flexibility index (Phi) is 23.2. The zero-order chi connectivity index (χ0) is 56.0. The van der Waals surface area contributed by atoms with Gasteiger partial charge in [-0.3, -0.25) is 43.8 Å². The van der Waals surface area contributed by atoms with E-state index in [0.717, 1.165) is 60.5 Å². The average Bonchev–Trinajstić information content (AvgIpc) is 3.62. The fourth-order valence-corrected chi connectivity index (χ4v) is 10.8. The molecule has 1 aromatic carbocycles. The number of aliphatic hydroxyl groups excluding tert-OH is 7. The molecule has 7 amide bonds. The van der Waals surface area contributed by atoms with Gasteiger partial charge >= 0.3 is 0 Å². The van der Waals surface area contributed by atoms with Gasteiger partial charge in [0.2, 0.25) is 41.1 Å². The van der Waals surface area contributed by atoms with E-state index in [1.54, 1.807) is 0 Å². The van der Waals surface area contributed by atoms with Crippen LogP contribution in [0.2, 0.25) is 0 Å². The van der Waals surface area contributed by atoms with Crippen LogP contribution in [0.25, 0.3) is 0 Å². The topological polar surface area (TPSA) is 403 Å². The number of hydrogen-bond acceptors (Lipinski definition) is 18. The monoisotopic (exact) mass is 1080 g/mol. The molecule has 4 heterocycles. The van der Waals surface area contributed by atoms with Crippen LogP contribution in [0.4, 0.5) is 0 Å². The fraction of sp³-hybridized carbons (Fsp3) is 0.745. The first-order chi connectivity index (χ1) is 36.1. The Labute approximate surface area is 443 Å². The van der Waals surface area contributed by atoms with Crippen LogP contribution in [0.15, 0.2) is 24.3 Å². The number of benzene rings is 1. The number of rotatable bonds is 23. The molecule has 76 heavy (non-hydrogen) atoms. The molecule has 0 aromatic heterocycles. The first-order valence-electron chi connectivity index (χ1n) is 26.9. The highest BCUT2D eigenvalue weighted by atomic mass is 16.3. The number of hydrogen-bond donors (Lipinski definition) is 15. The Hall–Kier alpha value is -5.09. The van der Waals surface area contributed by atoms with Gasteiger partial charge in [-0.1, -0.05) is 77.8 Å². The van der Waals surface area contributed by atoms with Crippen LogP contribution in [-0.2, 0) is 33.6 Å². The van der Waals surface area contributed by atoms with E-state index < -0.39 is 146 Å². The Morgan fingerprint density at radius 3 is 2.13 bits per heavy atom. The minimum Gasteiger partial charge on any atom is -0.508 e. The fourth-order valence-electron chi connectivity index (χ4n) is 10.8. The van der Waals surface area contributed by atoms with Crippen molar-refractivity contribution in [1.82, 2.24) is 41.3 Å². The second-order valence-electron chi connectivity index (χ2n) is 21.1. The Balaban J connectivity index is 1.49. The molecule has 15 atom stereocenters. The molecule has 4 aliphatic heterocycles. The van der Waals surface area contributed by atoms with Crippen molar-refractivity contribution >= 4 is 41.4 Å². The van der Waals surface area contributed by atoms with Gasteiger partial charge in [-0.15, -0.1) is 0 Å². The van der Waals surface area contributed by atoms with E-state index in [1.807, 2.05) is 0 Å². The van der Waals surface area contributed by atoms with Crippen LogP contribution in [0.3, 0.4) is 0 Å². The molecule has 0 bridgehead atoms. The van der Waals surface area contributed by atoms with E-state index >= 15 is 0 Å². The van der Waals surface area contributed by atoms with Crippen molar-refractivity contribution in [3.63, 3.8) is 0 Å². The molecule has 25 nitrogen and oxygen atoms in total. The molecule has 4 fully saturated rings. The normalized spacial score (nSPS) is 29.8. The standard InChI is InChI=1S/C51H84N10O15/c1-4-28(2)23-29(3)11-9-7-5-6-8-10-12-39(68)55-33-25-38(67)44(54-21-20-53)57-47(73)40-37(66)18-22-59(40)49(75)41(36(65)17-19-52)61-50(76)51(61,43(70)42(69)30-13-15-31(63)16-14-30)58-46(72)35-24-32(64)26-60(35)48(74)34(27-62)56-45(33)71/h13-16,28-29,32-38,40-44,54,62-67,69-70H,4-12,17-27,52-53H2,1-3H3,(H,55,68)(H,56,71)(H,57,73)(H,58,72)/t28-,29+,32+,33-,34?,35?,36+,37-,38+,40-,41-,42-,43+,44-,51+,61?/m0/s1. The summed E-state index contributed by atoms with van der Waals surface area (Å²) in [4.78, 5) is 103. The van der Waals surface area contributed by atoms with Gasteiger partial charge in [0, 0.05) is 45.4 Å². The highest BCUT2D eigenvalue weighted by Gasteiger charge is 2.74. The zero-order valence-corrected chi connectivity index (χ0v) is 44.0. The van der Waals surface area contributed by atoms with E-state index in [2.05, 4.69) is 47.4 Å². The number of carbonyl (C=O) groups excluding carboxylic acids is 7. The third kappa shape index (κ3) is 15.1. The van der Waals surface area contributed by atoms with Crippen LogP contribution in [-0.4, -0.2) is 209 Å². The number of amides is 7. The van der Waals surface area contributed by atoms with Crippen LogP contribution in [0, 0.1) is 11.8 Å². The molecule has 0 radical (unpaired) electrons. The zero-order valence-electron chi connectivity index (χ0n) is 44.0. The number of nitrogens with zero attached hydrogens (tertiary/aromatic N) is 3. The number of aromatic hydroxyl groups is 1. The second-order valence-corrected chi connectivity index (χ2v) is 21.1. The summed E-state index contributed by atoms with van der Waals surface area (Å²) in [6.07, 6.45) is -5.60. The Morgan fingerprint density at radius 2 is 1.49 bits per heavy atom. The van der Waals surface area contributed by atoms with E-state index in [4.69, 9.17) is 11.5 Å². The van der Waals surface area contributed by atoms with Crippen molar-refractivity contribution in [2.45, 2.75) is 189 Å². The van der Waals surface area contributed by atoms with Crippen molar-refractivity contribution in [2.75, 3.05) is 39.3 Å². The predicted molar refractivity (Wildman–Crippen MR) is 273 cm³/mol. The summed E-state index contributed by atoms with van der Waals surface area (Å²) in [5, 5.41) is 103. The van der Waals surface area contributed by atoms with E-state index in [0.29, 0.717) is 29.6 Å². The molecular formula is C51H84N10O15. The first-order valence-corrected chi connectivity index (χ1v) is 26.9.